The average Bonchev–Trinajstić information content (AvgIpc) is 3.24. The molecule has 0 radical (unpaired) electrons. The van der Waals surface area contributed by atoms with Gasteiger partial charge in [-0.1, -0.05) is 0 Å². The summed E-state index contributed by atoms with van der Waals surface area (Å²) < 4.78 is 32.8. The van der Waals surface area contributed by atoms with E-state index >= 15 is 4.39 Å². The third kappa shape index (κ3) is 4.54. The van der Waals surface area contributed by atoms with Gasteiger partial charge in [0.1, 0.15) is 5.75 Å². The summed E-state index contributed by atoms with van der Waals surface area (Å²) in [6.45, 7) is 8.10. The number of ether oxygens (including phenoxy) is 3. The summed E-state index contributed by atoms with van der Waals surface area (Å²) in [5.74, 6) is 0.687. The smallest absolute Gasteiger partial charge is 0.415 e. The van der Waals surface area contributed by atoms with Crippen molar-refractivity contribution in [1.82, 2.24) is 19.8 Å². The second kappa shape index (κ2) is 9.66. The molecule has 188 valence electrons. The summed E-state index contributed by atoms with van der Waals surface area (Å²) in [6, 6.07) is 10.4. The van der Waals surface area contributed by atoms with Crippen LogP contribution in [0, 0.1) is 12.7 Å². The van der Waals surface area contributed by atoms with Crippen LogP contribution in [-0.4, -0.2) is 65.2 Å². The second-order valence-corrected chi connectivity index (χ2v) is 9.10. The quantitative estimate of drug-likeness (QED) is 0.397. The van der Waals surface area contributed by atoms with Crippen LogP contribution in [0.1, 0.15) is 19.5 Å². The predicted molar refractivity (Wildman–Crippen MR) is 136 cm³/mol. The van der Waals surface area contributed by atoms with Gasteiger partial charge in [-0.25, -0.2) is 9.18 Å². The Labute approximate surface area is 208 Å². The molecule has 0 saturated carbocycles. The lowest BCUT2D eigenvalue weighted by Gasteiger charge is -2.36. The van der Waals surface area contributed by atoms with E-state index in [1.165, 1.54) is 0 Å². The Morgan fingerprint density at radius 3 is 2.72 bits per heavy atom. The molecule has 1 aliphatic rings. The normalized spacial score (nSPS) is 16.5. The molecule has 4 aromatic rings. The van der Waals surface area contributed by atoms with E-state index in [1.54, 1.807) is 47.5 Å². The minimum atomic E-state index is -0.455. The molecular weight excluding hydrogens is 463 g/mol. The Balaban J connectivity index is 1.49. The number of likely N-dealkylation sites (N-methyl/N-ethyl adjacent to an activating group) is 1. The molecule has 2 aromatic carbocycles. The number of aromatic amines is 1. The minimum absolute atomic E-state index is 0.0906. The van der Waals surface area contributed by atoms with Gasteiger partial charge in [0.25, 0.3) is 0 Å². The molecule has 9 heteroatoms. The molecule has 3 heterocycles. The average molecular weight is 493 g/mol. The Kier molecular flexibility index (Phi) is 6.40. The van der Waals surface area contributed by atoms with Crippen LogP contribution >= 0.6 is 0 Å². The van der Waals surface area contributed by atoms with Crippen LogP contribution in [0.2, 0.25) is 0 Å². The number of rotatable bonds is 5. The molecule has 8 nitrogen and oxygen atoms in total. The predicted octanol–water partition coefficient (Wildman–Crippen LogP) is 5.49. The van der Waals surface area contributed by atoms with Gasteiger partial charge in [-0.2, -0.15) is 0 Å². The van der Waals surface area contributed by atoms with Crippen LogP contribution in [0.5, 0.6) is 23.0 Å². The number of aryl methyl sites for hydroxylation is 1. The lowest BCUT2D eigenvalue weighted by molar-refractivity contribution is 0.0930. The molecular formula is C27H29FN4O4. The van der Waals surface area contributed by atoms with Crippen LogP contribution in [0.25, 0.3) is 21.8 Å². The highest BCUT2D eigenvalue weighted by Crippen LogP contribution is 2.39. The highest BCUT2D eigenvalue weighted by atomic mass is 19.1. The van der Waals surface area contributed by atoms with E-state index in [2.05, 4.69) is 21.8 Å². The van der Waals surface area contributed by atoms with Crippen molar-refractivity contribution in [2.75, 3.05) is 33.3 Å². The van der Waals surface area contributed by atoms with Crippen molar-refractivity contribution < 1.29 is 23.4 Å². The van der Waals surface area contributed by atoms with Crippen molar-refractivity contribution in [3.8, 4) is 23.0 Å². The fourth-order valence-electron chi connectivity index (χ4n) is 4.42. The number of carbonyl (C=O) groups is 1. The van der Waals surface area contributed by atoms with E-state index < -0.39 is 11.9 Å². The van der Waals surface area contributed by atoms with Crippen molar-refractivity contribution in [1.29, 1.82) is 0 Å². The van der Waals surface area contributed by atoms with Gasteiger partial charge in [-0.15, -0.1) is 0 Å². The summed E-state index contributed by atoms with van der Waals surface area (Å²) in [6.07, 6.45) is 1.14. The van der Waals surface area contributed by atoms with Crippen LogP contribution in [-0.2, 0) is 0 Å². The number of H-pyrrole nitrogens is 1. The molecule has 2 aromatic heterocycles. The molecule has 0 bridgehead atoms. The summed E-state index contributed by atoms with van der Waals surface area (Å²) in [4.78, 5) is 24.4. The Bertz CT molecular complexity index is 1440. The molecule has 1 aliphatic heterocycles. The summed E-state index contributed by atoms with van der Waals surface area (Å²) in [5.41, 5.74) is 2.13. The van der Waals surface area contributed by atoms with E-state index in [4.69, 9.17) is 14.2 Å². The van der Waals surface area contributed by atoms with Gasteiger partial charge in [-0.3, -0.25) is 4.98 Å². The highest BCUT2D eigenvalue weighted by molar-refractivity contribution is 5.89. The fourth-order valence-corrected chi connectivity index (χ4v) is 4.42. The third-order valence-electron chi connectivity index (χ3n) is 6.54. The third-order valence-corrected chi connectivity index (χ3v) is 6.54. The number of pyridine rings is 1. The fraction of sp³-hybridized carbons (Fsp3) is 0.333. The number of carbonyl (C=O) groups excluding carboxylic acids is 1. The van der Waals surface area contributed by atoms with Crippen molar-refractivity contribution in [2.24, 2.45) is 0 Å². The van der Waals surface area contributed by atoms with Gasteiger partial charge < -0.3 is 29.0 Å². The van der Waals surface area contributed by atoms with Crippen molar-refractivity contribution in [3.63, 3.8) is 0 Å². The maximum absolute atomic E-state index is 15.2. The molecule has 5 rings (SSSR count). The van der Waals surface area contributed by atoms with Crippen LogP contribution < -0.4 is 14.2 Å². The van der Waals surface area contributed by atoms with Gasteiger partial charge in [0, 0.05) is 59.9 Å². The maximum atomic E-state index is 15.2. The molecule has 1 saturated heterocycles. The number of aromatic nitrogens is 2. The van der Waals surface area contributed by atoms with E-state index in [9.17, 15) is 4.79 Å². The largest absolute Gasteiger partial charge is 0.490 e. The number of amides is 1. The zero-order valence-electron chi connectivity index (χ0n) is 20.8. The van der Waals surface area contributed by atoms with E-state index in [0.29, 0.717) is 53.0 Å². The topological polar surface area (TPSA) is 79.9 Å². The molecule has 0 spiro atoms. The second-order valence-electron chi connectivity index (χ2n) is 9.10. The number of piperazine rings is 1. The first kappa shape index (κ1) is 23.9. The molecule has 0 aliphatic carbocycles. The number of hydrogen-bond acceptors (Lipinski definition) is 6. The molecule has 36 heavy (non-hydrogen) atoms. The zero-order chi connectivity index (χ0) is 25.4. The summed E-state index contributed by atoms with van der Waals surface area (Å²) in [7, 11) is 2.04. The van der Waals surface area contributed by atoms with Gasteiger partial charge in [0.05, 0.1) is 12.1 Å². The van der Waals surface area contributed by atoms with Gasteiger partial charge >= 0.3 is 6.09 Å². The molecule has 1 atom stereocenters. The Morgan fingerprint density at radius 1 is 1.11 bits per heavy atom. The van der Waals surface area contributed by atoms with Gasteiger partial charge in [-0.05, 0) is 58.2 Å². The first-order chi connectivity index (χ1) is 17.3. The number of fused-ring (bicyclic) bond motifs is 2. The monoisotopic (exact) mass is 492 g/mol. The molecule has 1 N–H and O–H groups in total. The standard InChI is InChI=1S/C27H29FN4O4/c1-5-34-24-14-21-18(13-25(24)36-27(33)32-11-10-31(4)17(3)15-32)22(8-9-29-21)35-23-7-6-20-19(26(23)28)12-16(2)30-20/h6-9,12-14,17,30H,5,10-11,15H2,1-4H3. The molecule has 1 amide bonds. The first-order valence-electron chi connectivity index (χ1n) is 12.0. The summed E-state index contributed by atoms with van der Waals surface area (Å²) in [5, 5.41) is 1.03. The van der Waals surface area contributed by atoms with E-state index in [0.717, 1.165) is 12.2 Å². The van der Waals surface area contributed by atoms with Crippen LogP contribution in [0.4, 0.5) is 9.18 Å². The molecule has 1 unspecified atom stereocenters. The zero-order valence-corrected chi connectivity index (χ0v) is 20.8. The lowest BCUT2D eigenvalue weighted by Crippen LogP contribution is -2.52. The number of benzene rings is 2. The van der Waals surface area contributed by atoms with Gasteiger partial charge in [0.15, 0.2) is 23.1 Å². The number of hydrogen-bond donors (Lipinski definition) is 1. The maximum Gasteiger partial charge on any atom is 0.415 e. The van der Waals surface area contributed by atoms with Crippen LogP contribution in [0.3, 0.4) is 0 Å². The lowest BCUT2D eigenvalue weighted by atomic mass is 10.1. The first-order valence-corrected chi connectivity index (χ1v) is 12.0. The van der Waals surface area contributed by atoms with Crippen molar-refractivity contribution in [3.05, 3.63) is 54.1 Å². The summed E-state index contributed by atoms with van der Waals surface area (Å²) >= 11 is 0. The number of nitrogens with zero attached hydrogens (tertiary/aromatic N) is 3. The minimum Gasteiger partial charge on any atom is -0.490 e. The van der Waals surface area contributed by atoms with Crippen molar-refractivity contribution >= 4 is 27.9 Å². The SMILES string of the molecule is CCOc1cc2nccc(Oc3ccc4[nH]c(C)cc4c3F)c2cc1OC(=O)N1CCN(C)C(C)C1. The highest BCUT2D eigenvalue weighted by Gasteiger charge is 2.27. The number of halogens is 1. The van der Waals surface area contributed by atoms with Crippen LogP contribution in [0.15, 0.2) is 42.6 Å². The van der Waals surface area contributed by atoms with E-state index in [1.807, 2.05) is 20.9 Å². The van der Waals surface area contributed by atoms with E-state index in [-0.39, 0.29) is 17.5 Å². The van der Waals surface area contributed by atoms with Crippen molar-refractivity contribution in [2.45, 2.75) is 26.8 Å². The number of nitrogens with one attached hydrogen (secondary N) is 1. The Morgan fingerprint density at radius 2 is 1.94 bits per heavy atom. The molecule has 1 fully saturated rings. The van der Waals surface area contributed by atoms with Gasteiger partial charge in [0.2, 0.25) is 0 Å². The Hall–Kier alpha value is -3.85.